The van der Waals surface area contributed by atoms with Gasteiger partial charge in [-0.3, -0.25) is 4.79 Å². The smallest absolute Gasteiger partial charge is 0.227 e. The lowest BCUT2D eigenvalue weighted by molar-refractivity contribution is -0.131. The third kappa shape index (κ3) is 4.45. The van der Waals surface area contributed by atoms with Crippen LogP contribution in [-0.4, -0.2) is 12.5 Å². The Labute approximate surface area is 135 Å². The van der Waals surface area contributed by atoms with E-state index in [0.717, 1.165) is 18.4 Å². The molecule has 0 aliphatic rings. The highest BCUT2D eigenvalue weighted by Crippen LogP contribution is 2.27. The molecule has 0 aromatic heterocycles. The average molecular weight is 313 g/mol. The quantitative estimate of drug-likeness (QED) is 0.842. The van der Waals surface area contributed by atoms with Gasteiger partial charge in [-0.05, 0) is 50.3 Å². The molecule has 1 unspecified atom stereocenters. The Balaban J connectivity index is 0.00000400. The summed E-state index contributed by atoms with van der Waals surface area (Å²) in [4.78, 5) is 12.5. The number of amides is 1. The van der Waals surface area contributed by atoms with Gasteiger partial charge in [-0.1, -0.05) is 32.0 Å². The maximum absolute atomic E-state index is 12.5. The van der Waals surface area contributed by atoms with Crippen molar-refractivity contribution in [3.63, 3.8) is 0 Å². The highest BCUT2D eigenvalue weighted by molar-refractivity contribution is 5.85. The highest BCUT2D eigenvalue weighted by atomic mass is 35.5. The summed E-state index contributed by atoms with van der Waals surface area (Å²) in [5.41, 5.74) is 9.05. The molecule has 1 aromatic carbocycles. The number of carbonyl (C=O) groups excluding carboxylic acids is 1. The van der Waals surface area contributed by atoms with Crippen molar-refractivity contribution in [2.24, 2.45) is 11.1 Å². The van der Waals surface area contributed by atoms with Crippen molar-refractivity contribution in [2.45, 2.75) is 53.5 Å². The number of nitrogens with two attached hydrogens (primary N) is 1. The van der Waals surface area contributed by atoms with Gasteiger partial charge in [-0.25, -0.2) is 0 Å². The monoisotopic (exact) mass is 312 g/mol. The number of rotatable bonds is 6. The molecule has 1 atom stereocenters. The first-order valence-electron chi connectivity index (χ1n) is 7.48. The minimum atomic E-state index is -0.437. The SMILES string of the molecule is CCC(CC)(CN)C(=O)NC(C)c1ccc(C)c(C)c1.Cl. The first-order valence-corrected chi connectivity index (χ1v) is 7.48. The average Bonchev–Trinajstić information content (AvgIpc) is 2.44. The lowest BCUT2D eigenvalue weighted by atomic mass is 9.81. The van der Waals surface area contributed by atoms with Gasteiger partial charge in [0.25, 0.3) is 0 Å². The van der Waals surface area contributed by atoms with E-state index in [1.54, 1.807) is 0 Å². The van der Waals surface area contributed by atoms with Gasteiger partial charge in [-0.2, -0.15) is 0 Å². The fourth-order valence-electron chi connectivity index (χ4n) is 2.42. The van der Waals surface area contributed by atoms with Crippen molar-refractivity contribution >= 4 is 18.3 Å². The lowest BCUT2D eigenvalue weighted by Crippen LogP contribution is -2.46. The molecular weight excluding hydrogens is 284 g/mol. The first-order chi connectivity index (χ1) is 9.40. The van der Waals surface area contributed by atoms with Crippen LogP contribution in [-0.2, 0) is 4.79 Å². The third-order valence-electron chi connectivity index (χ3n) is 4.60. The standard InChI is InChI=1S/C17H28N2O.ClH/c1-6-17(7-2,11-18)16(20)19-14(5)15-9-8-12(3)13(4)10-15;/h8-10,14H,6-7,11,18H2,1-5H3,(H,19,20);1H. The molecule has 0 bridgehead atoms. The van der Waals surface area contributed by atoms with Crippen LogP contribution in [0.15, 0.2) is 18.2 Å². The normalized spacial score (nSPS) is 12.5. The van der Waals surface area contributed by atoms with Crippen molar-refractivity contribution in [2.75, 3.05) is 6.54 Å². The van der Waals surface area contributed by atoms with Crippen molar-refractivity contribution in [1.29, 1.82) is 0 Å². The predicted molar refractivity (Wildman–Crippen MR) is 91.8 cm³/mol. The van der Waals surface area contributed by atoms with Gasteiger partial charge in [0.15, 0.2) is 0 Å². The minimum absolute atomic E-state index is 0. The zero-order valence-corrected chi connectivity index (χ0v) is 14.6. The van der Waals surface area contributed by atoms with Crippen LogP contribution in [0.5, 0.6) is 0 Å². The number of benzene rings is 1. The van der Waals surface area contributed by atoms with Gasteiger partial charge in [0.2, 0.25) is 5.91 Å². The van der Waals surface area contributed by atoms with E-state index in [9.17, 15) is 4.79 Å². The van der Waals surface area contributed by atoms with E-state index in [4.69, 9.17) is 5.73 Å². The summed E-state index contributed by atoms with van der Waals surface area (Å²) < 4.78 is 0. The molecule has 0 spiro atoms. The molecule has 4 heteroatoms. The molecule has 1 amide bonds. The molecule has 0 heterocycles. The molecule has 0 aliphatic heterocycles. The van der Waals surface area contributed by atoms with Crippen LogP contribution >= 0.6 is 12.4 Å². The number of hydrogen-bond acceptors (Lipinski definition) is 2. The Hall–Kier alpha value is -1.06. The van der Waals surface area contributed by atoms with Crippen LogP contribution in [0.25, 0.3) is 0 Å². The summed E-state index contributed by atoms with van der Waals surface area (Å²) in [7, 11) is 0. The molecule has 120 valence electrons. The van der Waals surface area contributed by atoms with E-state index in [1.165, 1.54) is 11.1 Å². The molecule has 1 aromatic rings. The Bertz CT molecular complexity index is 462. The van der Waals surface area contributed by atoms with E-state index in [-0.39, 0.29) is 24.4 Å². The molecule has 0 saturated heterocycles. The molecule has 0 saturated carbocycles. The molecule has 21 heavy (non-hydrogen) atoms. The molecule has 1 rings (SSSR count). The second-order valence-electron chi connectivity index (χ2n) is 5.73. The summed E-state index contributed by atoms with van der Waals surface area (Å²) >= 11 is 0. The summed E-state index contributed by atoms with van der Waals surface area (Å²) in [6.07, 6.45) is 1.54. The summed E-state index contributed by atoms with van der Waals surface area (Å²) in [5.74, 6) is 0.0655. The Morgan fingerprint density at radius 3 is 2.24 bits per heavy atom. The van der Waals surface area contributed by atoms with E-state index in [1.807, 2.05) is 20.8 Å². The van der Waals surface area contributed by atoms with E-state index >= 15 is 0 Å². The number of hydrogen-bond donors (Lipinski definition) is 2. The fourth-order valence-corrected chi connectivity index (χ4v) is 2.42. The number of aryl methyl sites for hydroxylation is 2. The summed E-state index contributed by atoms with van der Waals surface area (Å²) in [6.45, 7) is 10.7. The van der Waals surface area contributed by atoms with Crippen LogP contribution in [0.1, 0.15) is 56.3 Å². The molecule has 3 nitrogen and oxygen atoms in total. The summed E-state index contributed by atoms with van der Waals surface area (Å²) in [5, 5.41) is 3.12. The Morgan fingerprint density at radius 1 is 1.24 bits per heavy atom. The second-order valence-corrected chi connectivity index (χ2v) is 5.73. The second kappa shape index (κ2) is 8.40. The van der Waals surface area contributed by atoms with E-state index < -0.39 is 5.41 Å². The van der Waals surface area contributed by atoms with E-state index in [2.05, 4.69) is 37.4 Å². The van der Waals surface area contributed by atoms with Gasteiger partial charge in [0.1, 0.15) is 0 Å². The molecule has 3 N–H and O–H groups in total. The van der Waals surface area contributed by atoms with Crippen LogP contribution in [0.3, 0.4) is 0 Å². The van der Waals surface area contributed by atoms with E-state index in [0.29, 0.717) is 6.54 Å². The van der Waals surface area contributed by atoms with Crippen molar-refractivity contribution in [3.8, 4) is 0 Å². The van der Waals surface area contributed by atoms with Crippen LogP contribution in [0, 0.1) is 19.3 Å². The molecule has 0 fully saturated rings. The van der Waals surface area contributed by atoms with Gasteiger partial charge in [0, 0.05) is 6.54 Å². The minimum Gasteiger partial charge on any atom is -0.349 e. The largest absolute Gasteiger partial charge is 0.349 e. The fraction of sp³-hybridized carbons (Fsp3) is 0.588. The Morgan fingerprint density at radius 2 is 1.81 bits per heavy atom. The van der Waals surface area contributed by atoms with Crippen molar-refractivity contribution in [3.05, 3.63) is 34.9 Å². The highest BCUT2D eigenvalue weighted by Gasteiger charge is 2.34. The van der Waals surface area contributed by atoms with Gasteiger partial charge >= 0.3 is 0 Å². The number of halogens is 1. The maximum atomic E-state index is 12.5. The number of carbonyl (C=O) groups is 1. The molecular formula is C17H29ClN2O. The first kappa shape index (κ1) is 19.9. The predicted octanol–water partition coefficient (Wildman–Crippen LogP) is 3.67. The van der Waals surface area contributed by atoms with Gasteiger partial charge in [0.05, 0.1) is 11.5 Å². The zero-order valence-electron chi connectivity index (χ0n) is 13.8. The van der Waals surface area contributed by atoms with Crippen molar-refractivity contribution in [1.82, 2.24) is 5.32 Å². The zero-order chi connectivity index (χ0) is 15.3. The summed E-state index contributed by atoms with van der Waals surface area (Å²) in [6, 6.07) is 6.33. The molecule has 0 radical (unpaired) electrons. The maximum Gasteiger partial charge on any atom is 0.227 e. The number of nitrogens with one attached hydrogen (secondary N) is 1. The molecule has 0 aliphatic carbocycles. The van der Waals surface area contributed by atoms with Crippen LogP contribution in [0.2, 0.25) is 0 Å². The topological polar surface area (TPSA) is 55.1 Å². The van der Waals surface area contributed by atoms with Crippen LogP contribution in [0.4, 0.5) is 0 Å². The van der Waals surface area contributed by atoms with Gasteiger partial charge < -0.3 is 11.1 Å². The van der Waals surface area contributed by atoms with Crippen molar-refractivity contribution < 1.29 is 4.79 Å². The lowest BCUT2D eigenvalue weighted by Gasteiger charge is -2.30. The Kier molecular flexibility index (Phi) is 7.98. The van der Waals surface area contributed by atoms with Crippen LogP contribution < -0.4 is 11.1 Å². The van der Waals surface area contributed by atoms with Gasteiger partial charge in [-0.15, -0.1) is 12.4 Å². The third-order valence-corrected chi connectivity index (χ3v) is 4.60.